The number of aryl methyl sites for hydroxylation is 1. The van der Waals surface area contributed by atoms with Crippen LogP contribution >= 0.6 is 11.8 Å². The van der Waals surface area contributed by atoms with Crippen molar-refractivity contribution in [2.24, 2.45) is 0 Å². The standard InChI is InChI=1S/C16H16F2N2O3S/c1-2-3-11-8-14(22)20-16(19-11)24-9-13(21)10-4-6-12(7-5-10)23-15(17)18/h4-8,15H,2-3,9H2,1H3,(H,19,20,22). The third-order valence-corrected chi connectivity index (χ3v) is 3.89. The van der Waals surface area contributed by atoms with Gasteiger partial charge in [0.15, 0.2) is 10.9 Å². The van der Waals surface area contributed by atoms with Crippen molar-refractivity contribution in [2.75, 3.05) is 5.75 Å². The fraction of sp³-hybridized carbons (Fsp3) is 0.312. The third-order valence-electron chi connectivity index (χ3n) is 3.02. The molecule has 1 N–H and O–H groups in total. The Labute approximate surface area is 141 Å². The van der Waals surface area contributed by atoms with Gasteiger partial charge in [0, 0.05) is 17.3 Å². The van der Waals surface area contributed by atoms with Crippen LogP contribution in [0, 0.1) is 0 Å². The number of ketones is 1. The Hall–Kier alpha value is -2.22. The zero-order chi connectivity index (χ0) is 17.5. The first kappa shape index (κ1) is 18.1. The van der Waals surface area contributed by atoms with E-state index >= 15 is 0 Å². The molecule has 2 rings (SSSR count). The van der Waals surface area contributed by atoms with Crippen LogP contribution in [0.4, 0.5) is 8.78 Å². The van der Waals surface area contributed by atoms with Gasteiger partial charge >= 0.3 is 6.61 Å². The molecule has 0 saturated heterocycles. The lowest BCUT2D eigenvalue weighted by molar-refractivity contribution is -0.0498. The number of halogens is 2. The van der Waals surface area contributed by atoms with Crippen molar-refractivity contribution in [1.29, 1.82) is 0 Å². The molecule has 0 aliphatic carbocycles. The average molecular weight is 354 g/mol. The minimum absolute atomic E-state index is 0.00698. The van der Waals surface area contributed by atoms with Gasteiger partial charge in [-0.1, -0.05) is 25.1 Å². The molecule has 2 aromatic rings. The largest absolute Gasteiger partial charge is 0.435 e. The molecule has 1 aromatic heterocycles. The highest BCUT2D eigenvalue weighted by Crippen LogP contribution is 2.18. The zero-order valence-electron chi connectivity index (χ0n) is 12.9. The predicted octanol–water partition coefficient (Wildman–Crippen LogP) is 3.30. The van der Waals surface area contributed by atoms with Crippen molar-refractivity contribution < 1.29 is 18.3 Å². The summed E-state index contributed by atoms with van der Waals surface area (Å²) < 4.78 is 28.4. The Morgan fingerprint density at radius 2 is 2.04 bits per heavy atom. The molecule has 8 heteroatoms. The van der Waals surface area contributed by atoms with Crippen LogP contribution in [0.15, 0.2) is 40.3 Å². The molecular weight excluding hydrogens is 338 g/mol. The number of H-pyrrole nitrogens is 1. The van der Waals surface area contributed by atoms with E-state index < -0.39 is 6.61 Å². The van der Waals surface area contributed by atoms with E-state index in [-0.39, 0.29) is 22.8 Å². The summed E-state index contributed by atoms with van der Waals surface area (Å²) in [5, 5.41) is 0.386. The zero-order valence-corrected chi connectivity index (χ0v) is 13.7. The van der Waals surface area contributed by atoms with Gasteiger partial charge in [-0.05, 0) is 30.7 Å². The summed E-state index contributed by atoms with van der Waals surface area (Å²) in [5.41, 5.74) is 0.803. The van der Waals surface area contributed by atoms with Crippen LogP contribution in [0.1, 0.15) is 29.4 Å². The van der Waals surface area contributed by atoms with Crippen molar-refractivity contribution in [2.45, 2.75) is 31.5 Å². The summed E-state index contributed by atoms with van der Waals surface area (Å²) >= 11 is 1.12. The molecule has 0 amide bonds. The Kier molecular flexibility index (Phi) is 6.48. The van der Waals surface area contributed by atoms with Crippen molar-refractivity contribution in [3.05, 3.63) is 51.9 Å². The Bertz CT molecular complexity index is 748. The number of nitrogens with one attached hydrogen (secondary N) is 1. The van der Waals surface area contributed by atoms with E-state index in [4.69, 9.17) is 0 Å². The first-order chi connectivity index (χ1) is 11.5. The second-order valence-corrected chi connectivity index (χ2v) is 5.87. The number of hydrogen-bond donors (Lipinski definition) is 1. The van der Waals surface area contributed by atoms with E-state index in [1.54, 1.807) is 0 Å². The minimum Gasteiger partial charge on any atom is -0.435 e. The lowest BCUT2D eigenvalue weighted by Crippen LogP contribution is -2.11. The van der Waals surface area contributed by atoms with Crippen LogP contribution in [-0.4, -0.2) is 28.1 Å². The molecule has 24 heavy (non-hydrogen) atoms. The van der Waals surface area contributed by atoms with E-state index in [1.165, 1.54) is 30.3 Å². The quantitative estimate of drug-likeness (QED) is 0.447. The topological polar surface area (TPSA) is 72.0 Å². The number of carbonyl (C=O) groups is 1. The molecule has 0 atom stereocenters. The van der Waals surface area contributed by atoms with E-state index in [2.05, 4.69) is 14.7 Å². The van der Waals surface area contributed by atoms with Gasteiger partial charge in [0.2, 0.25) is 0 Å². The number of hydrogen-bond acceptors (Lipinski definition) is 5. The molecule has 0 aliphatic rings. The number of ether oxygens (including phenoxy) is 1. The van der Waals surface area contributed by atoms with Crippen LogP contribution in [0.25, 0.3) is 0 Å². The average Bonchev–Trinajstić information content (AvgIpc) is 2.52. The normalized spacial score (nSPS) is 10.8. The van der Waals surface area contributed by atoms with Gasteiger partial charge in [0.25, 0.3) is 5.56 Å². The fourth-order valence-corrected chi connectivity index (χ4v) is 2.76. The second-order valence-electron chi connectivity index (χ2n) is 4.91. The van der Waals surface area contributed by atoms with Crippen molar-refractivity contribution >= 4 is 17.5 Å². The summed E-state index contributed by atoms with van der Waals surface area (Å²) in [6.07, 6.45) is 1.56. The van der Waals surface area contributed by atoms with Crippen molar-refractivity contribution in [1.82, 2.24) is 9.97 Å². The van der Waals surface area contributed by atoms with Crippen LogP contribution in [0.2, 0.25) is 0 Å². The van der Waals surface area contributed by atoms with Crippen LogP contribution in [-0.2, 0) is 6.42 Å². The lowest BCUT2D eigenvalue weighted by atomic mass is 10.1. The maximum atomic E-state index is 12.1. The number of benzene rings is 1. The monoisotopic (exact) mass is 354 g/mol. The second kappa shape index (κ2) is 8.58. The first-order valence-corrected chi connectivity index (χ1v) is 8.27. The Balaban J connectivity index is 1.99. The minimum atomic E-state index is -2.90. The highest BCUT2D eigenvalue weighted by atomic mass is 32.2. The van der Waals surface area contributed by atoms with Gasteiger partial charge in [0.1, 0.15) is 5.75 Å². The maximum Gasteiger partial charge on any atom is 0.387 e. The number of Topliss-reactive ketones (excluding diaryl/α,β-unsaturated/α-hetero) is 1. The number of aromatic amines is 1. The number of nitrogens with zero attached hydrogens (tertiary/aromatic N) is 1. The molecular formula is C16H16F2N2O3S. The third kappa shape index (κ3) is 5.45. The van der Waals surface area contributed by atoms with Crippen LogP contribution in [0.3, 0.4) is 0 Å². The van der Waals surface area contributed by atoms with Crippen LogP contribution < -0.4 is 10.3 Å². The highest BCUT2D eigenvalue weighted by molar-refractivity contribution is 7.99. The highest BCUT2D eigenvalue weighted by Gasteiger charge is 2.10. The molecule has 0 spiro atoms. The molecule has 0 radical (unpaired) electrons. The SMILES string of the molecule is CCCc1cc(=O)[nH]c(SCC(=O)c2ccc(OC(F)F)cc2)n1. The molecule has 5 nitrogen and oxygen atoms in total. The van der Waals surface area contributed by atoms with Gasteiger partial charge in [0.05, 0.1) is 5.75 Å². The summed E-state index contributed by atoms with van der Waals surface area (Å²) in [6, 6.07) is 6.91. The van der Waals surface area contributed by atoms with E-state index in [1.807, 2.05) is 6.92 Å². The summed E-state index contributed by atoms with van der Waals surface area (Å²) in [6.45, 7) is -0.916. The van der Waals surface area contributed by atoms with Gasteiger partial charge in [-0.2, -0.15) is 8.78 Å². The Morgan fingerprint density at radius 3 is 2.67 bits per heavy atom. The molecule has 0 fully saturated rings. The fourth-order valence-electron chi connectivity index (χ4n) is 1.98. The van der Waals surface area contributed by atoms with Gasteiger partial charge in [-0.25, -0.2) is 4.98 Å². The molecule has 1 heterocycles. The van der Waals surface area contributed by atoms with Crippen molar-refractivity contribution in [3.8, 4) is 5.75 Å². The lowest BCUT2D eigenvalue weighted by Gasteiger charge is -2.06. The number of rotatable bonds is 8. The summed E-state index contributed by atoms with van der Waals surface area (Å²) in [5.74, 6) is -0.132. The maximum absolute atomic E-state index is 12.1. The molecule has 0 aliphatic heterocycles. The molecule has 128 valence electrons. The molecule has 0 bridgehead atoms. The van der Waals surface area contributed by atoms with Crippen molar-refractivity contribution in [3.63, 3.8) is 0 Å². The summed E-state index contributed by atoms with van der Waals surface area (Å²) in [7, 11) is 0. The molecule has 0 saturated carbocycles. The van der Waals surface area contributed by atoms with E-state index in [0.29, 0.717) is 22.8 Å². The summed E-state index contributed by atoms with van der Waals surface area (Å²) in [4.78, 5) is 30.5. The molecule has 1 aromatic carbocycles. The van der Waals surface area contributed by atoms with E-state index in [0.717, 1.165) is 18.2 Å². The Morgan fingerprint density at radius 1 is 1.33 bits per heavy atom. The molecule has 0 unspecified atom stereocenters. The van der Waals surface area contributed by atoms with Gasteiger partial charge in [-0.15, -0.1) is 0 Å². The van der Waals surface area contributed by atoms with Crippen LogP contribution in [0.5, 0.6) is 5.75 Å². The predicted molar refractivity (Wildman–Crippen MR) is 87.0 cm³/mol. The number of alkyl halides is 2. The van der Waals surface area contributed by atoms with Gasteiger partial charge < -0.3 is 9.72 Å². The van der Waals surface area contributed by atoms with E-state index in [9.17, 15) is 18.4 Å². The number of aromatic nitrogens is 2. The smallest absolute Gasteiger partial charge is 0.387 e. The number of thioether (sulfide) groups is 1. The number of carbonyl (C=O) groups excluding carboxylic acids is 1. The first-order valence-electron chi connectivity index (χ1n) is 7.29. The van der Waals surface area contributed by atoms with Gasteiger partial charge in [-0.3, -0.25) is 9.59 Å².